The third-order valence-corrected chi connectivity index (χ3v) is 15.3. The second kappa shape index (κ2) is 4.28. The summed E-state index contributed by atoms with van der Waals surface area (Å²) in [6, 6.07) is 0. The molecular weight excluding hydrogens is 269 g/mol. The topological polar surface area (TPSA) is 9.72 Å². The number of halogens is 3. The van der Waals surface area contributed by atoms with E-state index in [1.165, 1.54) is 0 Å². The summed E-state index contributed by atoms with van der Waals surface area (Å²) in [4.78, 5) is 0. The van der Waals surface area contributed by atoms with Gasteiger partial charge < -0.3 is 0 Å². The van der Waals surface area contributed by atoms with E-state index < -0.39 is 27.4 Å². The van der Waals surface area contributed by atoms with Gasteiger partial charge in [-0.15, -0.1) is 0 Å². The second-order valence-electron chi connectivity index (χ2n) is 2.48. The summed E-state index contributed by atoms with van der Waals surface area (Å²) in [5.41, 5.74) is 0. The molecule has 1 fully saturated rings. The van der Waals surface area contributed by atoms with Gasteiger partial charge in [-0.05, 0) is 55.0 Å². The molecule has 1 aliphatic heterocycles. The van der Waals surface area contributed by atoms with Crippen LogP contribution in [0.25, 0.3) is 0 Å². The van der Waals surface area contributed by atoms with Crippen LogP contribution >= 0.6 is 35.3 Å². The van der Waals surface area contributed by atoms with E-state index in [0.29, 0.717) is 0 Å². The maximum atomic E-state index is 6.06. The molecular formula is C3H9Cl3N3Si3. The molecule has 3 radical (unpaired) electrons. The highest BCUT2D eigenvalue weighted by Crippen LogP contribution is 2.23. The van der Waals surface area contributed by atoms with Crippen molar-refractivity contribution in [3.05, 3.63) is 0 Å². The summed E-state index contributed by atoms with van der Waals surface area (Å²) in [6.45, 7) is 6.24. The van der Waals surface area contributed by atoms with Crippen molar-refractivity contribution in [3.8, 4) is 0 Å². The van der Waals surface area contributed by atoms with E-state index in [0.717, 1.165) is 0 Å². The van der Waals surface area contributed by atoms with Crippen molar-refractivity contribution in [2.24, 2.45) is 0 Å². The third kappa shape index (κ3) is 1.91. The Morgan fingerprint density at radius 3 is 1.00 bits per heavy atom. The molecule has 0 aromatic rings. The van der Waals surface area contributed by atoms with Crippen molar-refractivity contribution < 1.29 is 0 Å². The molecule has 0 unspecified atom stereocenters. The van der Waals surface area contributed by atoms with Crippen LogP contribution in [0.1, 0.15) is 0 Å². The van der Waals surface area contributed by atoms with Gasteiger partial charge in [0.2, 0.25) is 27.4 Å². The van der Waals surface area contributed by atoms with Crippen molar-refractivity contribution in [2.45, 2.75) is 19.6 Å². The normalized spacial score (nSPS) is 28.5. The lowest BCUT2D eigenvalue weighted by Crippen LogP contribution is -2.67. The third-order valence-electron chi connectivity index (χ3n) is 1.70. The molecule has 0 spiro atoms. The first kappa shape index (κ1) is 11.5. The largest absolute Gasteiger partial charge is 0.244 e. The molecule has 0 bridgehead atoms. The highest BCUT2D eigenvalue weighted by Gasteiger charge is 2.43. The smallest absolute Gasteiger partial charge is 0.233 e. The fourth-order valence-electron chi connectivity index (χ4n) is 0.934. The standard InChI is InChI=1S/C3H9Cl3N3Si3/c1-10-7(4)11(2)9(6)12(3)8(10)5/h1-3H3. The van der Waals surface area contributed by atoms with Gasteiger partial charge in [-0.25, -0.2) is 11.3 Å². The molecule has 0 aliphatic carbocycles. The first-order chi connectivity index (χ1) is 5.46. The molecule has 0 amide bonds. The van der Waals surface area contributed by atoms with Gasteiger partial charge in [-0.2, -0.15) is 0 Å². The zero-order valence-corrected chi connectivity index (χ0v) is 12.2. The predicted molar refractivity (Wildman–Crippen MR) is 57.9 cm³/mol. The maximum Gasteiger partial charge on any atom is 0.244 e. The van der Waals surface area contributed by atoms with Crippen LogP contribution in [0, 0.1) is 0 Å². The van der Waals surface area contributed by atoms with E-state index in [4.69, 9.17) is 35.3 Å². The molecule has 3 nitrogen and oxygen atoms in total. The van der Waals surface area contributed by atoms with E-state index >= 15 is 0 Å². The Kier molecular flexibility index (Phi) is 4.09. The number of nitrogens with zero attached hydrogens (tertiary/aromatic N) is 3. The van der Waals surface area contributed by atoms with E-state index in [1.807, 2.05) is 11.3 Å². The molecule has 12 heavy (non-hydrogen) atoms. The molecule has 1 aliphatic rings. The highest BCUT2D eigenvalue weighted by atomic mass is 35.5. The Balaban J connectivity index is 2.76. The Labute approximate surface area is 93.4 Å². The van der Waals surface area contributed by atoms with Crippen molar-refractivity contribution in [2.75, 3.05) is 0 Å². The van der Waals surface area contributed by atoms with Crippen molar-refractivity contribution in [1.82, 2.24) is 11.3 Å². The number of rotatable bonds is 0. The maximum absolute atomic E-state index is 6.06. The van der Waals surface area contributed by atoms with E-state index in [1.54, 1.807) is 0 Å². The Bertz CT molecular complexity index is 116. The average molecular weight is 278 g/mol. The van der Waals surface area contributed by atoms with Crippen molar-refractivity contribution in [1.29, 1.82) is 0 Å². The lowest BCUT2D eigenvalue weighted by Gasteiger charge is -2.43. The van der Waals surface area contributed by atoms with Gasteiger partial charge in [0.05, 0.1) is 0 Å². The minimum atomic E-state index is -0.916. The van der Waals surface area contributed by atoms with Gasteiger partial charge in [-0.3, -0.25) is 0 Å². The second-order valence-corrected chi connectivity index (χ2v) is 12.5. The Morgan fingerprint density at radius 2 is 0.833 bits per heavy atom. The van der Waals surface area contributed by atoms with Gasteiger partial charge in [0, 0.05) is 0 Å². The molecule has 0 N–H and O–H groups in total. The average Bonchev–Trinajstić information content (AvgIpc) is 2.08. The monoisotopic (exact) mass is 276 g/mol. The molecule has 9 heteroatoms. The van der Waals surface area contributed by atoms with E-state index in [2.05, 4.69) is 19.6 Å². The lowest BCUT2D eigenvalue weighted by molar-refractivity contribution is 0.753. The van der Waals surface area contributed by atoms with Crippen LogP contribution in [0.5, 0.6) is 0 Å². The Morgan fingerprint density at radius 1 is 0.667 bits per heavy atom. The van der Waals surface area contributed by atoms with E-state index in [-0.39, 0.29) is 0 Å². The molecule has 0 saturated carbocycles. The molecule has 1 rings (SSSR count). The van der Waals surface area contributed by atoms with Crippen molar-refractivity contribution >= 4 is 62.7 Å². The minimum absolute atomic E-state index is 0.916. The summed E-state index contributed by atoms with van der Waals surface area (Å²) in [5, 5.41) is 0. The number of hydrogen-bond donors (Lipinski definition) is 0. The first-order valence-corrected chi connectivity index (χ1v) is 10.0. The van der Waals surface area contributed by atoms with Crippen LogP contribution < -0.4 is 0 Å². The first-order valence-electron chi connectivity index (χ1n) is 3.35. The van der Waals surface area contributed by atoms with Gasteiger partial charge in [0.1, 0.15) is 0 Å². The Hall–Kier alpha value is 1.40. The van der Waals surface area contributed by atoms with Crippen LogP contribution in [0.2, 0.25) is 19.6 Å². The minimum Gasteiger partial charge on any atom is -0.233 e. The van der Waals surface area contributed by atoms with Crippen LogP contribution in [0.15, 0.2) is 0 Å². The van der Waals surface area contributed by atoms with Crippen LogP contribution in [-0.4, -0.2) is 38.6 Å². The zero-order valence-electron chi connectivity index (χ0n) is 6.98. The molecule has 1 saturated heterocycles. The SMILES string of the molecule is C[Si]1N(Cl)[Si](C)N(Cl)[Si](C)N1Cl. The van der Waals surface area contributed by atoms with Crippen LogP contribution in [0.3, 0.4) is 0 Å². The van der Waals surface area contributed by atoms with Gasteiger partial charge in [-0.1, -0.05) is 0 Å². The fraction of sp³-hybridized carbons (Fsp3) is 1.00. The van der Waals surface area contributed by atoms with Crippen LogP contribution in [0.4, 0.5) is 0 Å². The van der Waals surface area contributed by atoms with Gasteiger partial charge in [0.25, 0.3) is 0 Å². The summed E-state index contributed by atoms with van der Waals surface area (Å²) in [6.07, 6.45) is 0. The molecule has 0 atom stereocenters. The molecule has 1 heterocycles. The van der Waals surface area contributed by atoms with Gasteiger partial charge in [0.15, 0.2) is 0 Å². The fourth-order valence-corrected chi connectivity index (χ4v) is 12.6. The highest BCUT2D eigenvalue weighted by molar-refractivity contribution is 6.95. The van der Waals surface area contributed by atoms with Crippen LogP contribution in [-0.2, 0) is 0 Å². The molecule has 69 valence electrons. The summed E-state index contributed by atoms with van der Waals surface area (Å²) < 4.78 is 5.44. The molecule has 0 aromatic carbocycles. The summed E-state index contributed by atoms with van der Waals surface area (Å²) >= 11 is 18.2. The lowest BCUT2D eigenvalue weighted by atomic mass is 11.9. The summed E-state index contributed by atoms with van der Waals surface area (Å²) in [7, 11) is -2.75. The quantitative estimate of drug-likeness (QED) is 0.493. The van der Waals surface area contributed by atoms with Gasteiger partial charge >= 0.3 is 0 Å². The summed E-state index contributed by atoms with van der Waals surface area (Å²) in [5.74, 6) is 0. The van der Waals surface area contributed by atoms with E-state index in [9.17, 15) is 0 Å². The zero-order chi connectivity index (χ0) is 9.46. The van der Waals surface area contributed by atoms with Crippen molar-refractivity contribution in [3.63, 3.8) is 0 Å². The molecule has 0 aromatic heterocycles. The predicted octanol–water partition coefficient (Wildman–Crippen LogP) is 1.72. The number of hydrogen-bond acceptors (Lipinski definition) is 3.